The first-order valence-electron chi connectivity index (χ1n) is 6.40. The molecule has 0 fully saturated rings. The molecule has 0 spiro atoms. The van der Waals surface area contributed by atoms with Crippen LogP contribution < -0.4 is 10.5 Å². The maximum Gasteiger partial charge on any atom is 0.313 e. The Morgan fingerprint density at radius 2 is 2.10 bits per heavy atom. The number of thioether (sulfide) groups is 1. The van der Waals surface area contributed by atoms with E-state index in [4.69, 9.17) is 15.6 Å². The maximum absolute atomic E-state index is 10.6. The van der Waals surface area contributed by atoms with Gasteiger partial charge in [-0.2, -0.15) is 0 Å². The number of nitrogens with zero attached hydrogens (tertiary/aromatic N) is 3. The molecular formula is C13H16N4O3S. The maximum atomic E-state index is 10.6. The Labute approximate surface area is 126 Å². The smallest absolute Gasteiger partial charge is 0.313 e. The van der Waals surface area contributed by atoms with Gasteiger partial charge in [0.1, 0.15) is 5.75 Å². The fourth-order valence-electron chi connectivity index (χ4n) is 1.66. The molecular weight excluding hydrogens is 292 g/mol. The Balaban J connectivity index is 2.20. The number of rotatable bonds is 7. The minimum Gasteiger partial charge on any atom is -0.494 e. The summed E-state index contributed by atoms with van der Waals surface area (Å²) in [6, 6.07) is 7.32. The van der Waals surface area contributed by atoms with Crippen molar-refractivity contribution in [3.8, 4) is 11.4 Å². The number of aliphatic carboxylic acids is 1. The van der Waals surface area contributed by atoms with E-state index in [0.717, 1.165) is 29.6 Å². The van der Waals surface area contributed by atoms with Crippen LogP contribution in [-0.4, -0.2) is 38.2 Å². The fourth-order valence-corrected chi connectivity index (χ4v) is 2.33. The molecule has 0 atom stereocenters. The summed E-state index contributed by atoms with van der Waals surface area (Å²) in [5.74, 6) is -0.0379. The van der Waals surface area contributed by atoms with E-state index in [0.29, 0.717) is 11.8 Å². The van der Waals surface area contributed by atoms with Crippen molar-refractivity contribution in [3.63, 3.8) is 0 Å². The first-order chi connectivity index (χ1) is 10.1. The van der Waals surface area contributed by atoms with Gasteiger partial charge in [0.25, 0.3) is 0 Å². The largest absolute Gasteiger partial charge is 0.494 e. The second kappa shape index (κ2) is 6.98. The number of nitrogen functional groups attached to an aromatic ring is 1. The van der Waals surface area contributed by atoms with Crippen LogP contribution in [-0.2, 0) is 4.79 Å². The zero-order chi connectivity index (χ0) is 15.2. The quantitative estimate of drug-likeness (QED) is 0.752. The Morgan fingerprint density at radius 3 is 2.71 bits per heavy atom. The highest BCUT2D eigenvalue weighted by Gasteiger charge is 2.13. The number of nitrogens with two attached hydrogens (primary N) is 1. The highest BCUT2D eigenvalue weighted by atomic mass is 32.2. The molecule has 0 saturated heterocycles. The van der Waals surface area contributed by atoms with Crippen molar-refractivity contribution in [2.24, 2.45) is 0 Å². The minimum absolute atomic E-state index is 0.101. The van der Waals surface area contributed by atoms with Crippen LogP contribution in [0.2, 0.25) is 0 Å². The standard InChI is InChI=1S/C13H16N4O3S/c1-2-7-20-10-5-3-9(4-6-10)17-12(14)15-16-13(17)21-8-11(18)19/h3-6H,2,7-8H2,1H3,(H2,14,15)(H,18,19). The van der Waals surface area contributed by atoms with Gasteiger partial charge in [0.05, 0.1) is 18.0 Å². The number of ether oxygens (including phenoxy) is 1. The van der Waals surface area contributed by atoms with Gasteiger partial charge in [-0.15, -0.1) is 10.2 Å². The molecule has 0 unspecified atom stereocenters. The van der Waals surface area contributed by atoms with Crippen molar-refractivity contribution in [2.75, 3.05) is 18.1 Å². The van der Waals surface area contributed by atoms with Gasteiger partial charge in [-0.05, 0) is 30.7 Å². The van der Waals surface area contributed by atoms with E-state index in [9.17, 15) is 4.79 Å². The molecule has 2 aromatic rings. The number of aromatic nitrogens is 3. The van der Waals surface area contributed by atoms with E-state index in [1.807, 2.05) is 31.2 Å². The third-order valence-electron chi connectivity index (χ3n) is 2.55. The summed E-state index contributed by atoms with van der Waals surface area (Å²) in [6.07, 6.45) is 0.941. The van der Waals surface area contributed by atoms with Crippen molar-refractivity contribution < 1.29 is 14.6 Å². The zero-order valence-corrected chi connectivity index (χ0v) is 12.3. The van der Waals surface area contributed by atoms with Gasteiger partial charge in [0, 0.05) is 0 Å². The molecule has 0 bridgehead atoms. The van der Waals surface area contributed by atoms with Gasteiger partial charge in [0.2, 0.25) is 5.95 Å². The molecule has 7 nitrogen and oxygen atoms in total. The van der Waals surface area contributed by atoms with Crippen LogP contribution >= 0.6 is 11.8 Å². The lowest BCUT2D eigenvalue weighted by Crippen LogP contribution is -2.04. The first kappa shape index (κ1) is 15.2. The van der Waals surface area contributed by atoms with Crippen LogP contribution in [0.1, 0.15) is 13.3 Å². The summed E-state index contributed by atoms with van der Waals surface area (Å²) >= 11 is 1.07. The second-order valence-electron chi connectivity index (χ2n) is 4.20. The van der Waals surface area contributed by atoms with Crippen LogP contribution in [0.3, 0.4) is 0 Å². The monoisotopic (exact) mass is 308 g/mol. The van der Waals surface area contributed by atoms with Crippen LogP contribution in [0.4, 0.5) is 5.95 Å². The summed E-state index contributed by atoms with van der Waals surface area (Å²) < 4.78 is 7.12. The summed E-state index contributed by atoms with van der Waals surface area (Å²) in [7, 11) is 0. The number of carbonyl (C=O) groups is 1. The summed E-state index contributed by atoms with van der Waals surface area (Å²) in [4.78, 5) is 10.6. The molecule has 0 aliphatic carbocycles. The molecule has 112 valence electrons. The SMILES string of the molecule is CCCOc1ccc(-n2c(N)nnc2SCC(=O)O)cc1. The molecule has 1 aromatic carbocycles. The third-order valence-corrected chi connectivity index (χ3v) is 3.46. The van der Waals surface area contributed by atoms with Gasteiger partial charge in [-0.3, -0.25) is 9.36 Å². The lowest BCUT2D eigenvalue weighted by molar-refractivity contribution is -0.133. The lowest BCUT2D eigenvalue weighted by atomic mass is 10.3. The van der Waals surface area contributed by atoms with Gasteiger partial charge in [-0.1, -0.05) is 18.7 Å². The fraction of sp³-hybridized carbons (Fsp3) is 0.308. The highest BCUT2D eigenvalue weighted by molar-refractivity contribution is 7.99. The number of benzene rings is 1. The molecule has 2 rings (SSSR count). The van der Waals surface area contributed by atoms with E-state index in [-0.39, 0.29) is 11.7 Å². The Hall–Kier alpha value is -2.22. The predicted octanol–water partition coefficient (Wildman–Crippen LogP) is 1.81. The highest BCUT2D eigenvalue weighted by Crippen LogP contribution is 2.24. The average molecular weight is 308 g/mol. The molecule has 8 heteroatoms. The van der Waals surface area contributed by atoms with Crippen molar-refractivity contribution >= 4 is 23.7 Å². The number of carboxylic acids is 1. The molecule has 0 radical (unpaired) electrons. The molecule has 0 aliphatic heterocycles. The minimum atomic E-state index is -0.920. The summed E-state index contributed by atoms with van der Waals surface area (Å²) in [5, 5.41) is 16.9. The van der Waals surface area contributed by atoms with E-state index >= 15 is 0 Å². The topological polar surface area (TPSA) is 103 Å². The number of carboxylic acid groups (broad SMARTS) is 1. The number of hydrogen-bond acceptors (Lipinski definition) is 6. The molecule has 21 heavy (non-hydrogen) atoms. The van der Waals surface area contributed by atoms with Crippen LogP contribution in [0.15, 0.2) is 29.4 Å². The van der Waals surface area contributed by atoms with E-state index in [1.54, 1.807) is 4.57 Å². The van der Waals surface area contributed by atoms with Gasteiger partial charge >= 0.3 is 5.97 Å². The van der Waals surface area contributed by atoms with Crippen molar-refractivity contribution in [1.29, 1.82) is 0 Å². The van der Waals surface area contributed by atoms with Crippen molar-refractivity contribution in [2.45, 2.75) is 18.5 Å². The van der Waals surface area contributed by atoms with Crippen molar-refractivity contribution in [1.82, 2.24) is 14.8 Å². The third kappa shape index (κ3) is 3.88. The molecule has 3 N–H and O–H groups in total. The second-order valence-corrected chi connectivity index (χ2v) is 5.14. The Morgan fingerprint density at radius 1 is 1.38 bits per heavy atom. The van der Waals surface area contributed by atoms with E-state index in [1.165, 1.54) is 0 Å². The zero-order valence-electron chi connectivity index (χ0n) is 11.5. The lowest BCUT2D eigenvalue weighted by Gasteiger charge is -2.09. The average Bonchev–Trinajstić information content (AvgIpc) is 2.84. The Bertz CT molecular complexity index is 612. The predicted molar refractivity (Wildman–Crippen MR) is 79.9 cm³/mol. The molecule has 0 aliphatic rings. The normalized spacial score (nSPS) is 10.5. The van der Waals surface area contributed by atoms with E-state index < -0.39 is 5.97 Å². The molecule has 0 saturated carbocycles. The number of anilines is 1. The molecule has 0 amide bonds. The van der Waals surface area contributed by atoms with Crippen LogP contribution in [0, 0.1) is 0 Å². The molecule has 1 aromatic heterocycles. The van der Waals surface area contributed by atoms with Crippen molar-refractivity contribution in [3.05, 3.63) is 24.3 Å². The summed E-state index contributed by atoms with van der Waals surface area (Å²) in [6.45, 7) is 2.70. The Kier molecular flexibility index (Phi) is 5.04. The van der Waals surface area contributed by atoms with Gasteiger partial charge < -0.3 is 15.6 Å². The summed E-state index contributed by atoms with van der Waals surface area (Å²) in [5.41, 5.74) is 6.55. The number of hydrogen-bond donors (Lipinski definition) is 2. The van der Waals surface area contributed by atoms with Gasteiger partial charge in [-0.25, -0.2) is 0 Å². The first-order valence-corrected chi connectivity index (χ1v) is 7.39. The van der Waals surface area contributed by atoms with Crippen LogP contribution in [0.5, 0.6) is 5.75 Å². The van der Waals surface area contributed by atoms with Crippen LogP contribution in [0.25, 0.3) is 5.69 Å². The molecule has 1 heterocycles. The van der Waals surface area contributed by atoms with Gasteiger partial charge in [0.15, 0.2) is 5.16 Å². The van der Waals surface area contributed by atoms with E-state index in [2.05, 4.69) is 10.2 Å².